The molecule has 0 aliphatic carbocycles. The summed E-state index contributed by atoms with van der Waals surface area (Å²) in [5, 5.41) is 8.85. The minimum atomic E-state index is -4.92. The highest BCUT2D eigenvalue weighted by Gasteiger charge is 2.18. The second-order valence-corrected chi connectivity index (χ2v) is 11.0. The van der Waals surface area contributed by atoms with Crippen LogP contribution in [0.25, 0.3) is 0 Å². The van der Waals surface area contributed by atoms with E-state index < -0.39 is 29.2 Å². The molecule has 1 aromatic carbocycles. The lowest BCUT2D eigenvalue weighted by molar-refractivity contribution is 0.0696. The highest BCUT2D eigenvalue weighted by Crippen LogP contribution is 2.19. The van der Waals surface area contributed by atoms with Crippen LogP contribution in [0.15, 0.2) is 23.1 Å². The van der Waals surface area contributed by atoms with Crippen molar-refractivity contribution >= 4 is 24.3 Å². The Bertz CT molecular complexity index is 678. The summed E-state index contributed by atoms with van der Waals surface area (Å²) >= 11 is 0. The fourth-order valence-electron chi connectivity index (χ4n) is 1.23. The SMILES string of the molecule is C[Si](C)(C)C#Cc1cc(C(=O)O)ccc1S(=O)(=O)F. The normalized spacial score (nSPS) is 11.6. The Labute approximate surface area is 112 Å². The molecule has 0 amide bonds. The number of hydrogen-bond acceptors (Lipinski definition) is 3. The molecule has 0 saturated carbocycles. The number of carboxylic acid groups (broad SMARTS) is 1. The fraction of sp³-hybridized carbons (Fsp3) is 0.250. The minimum absolute atomic E-state index is 0.121. The van der Waals surface area contributed by atoms with Crippen molar-refractivity contribution in [3.05, 3.63) is 29.3 Å². The number of benzene rings is 1. The number of halogens is 1. The van der Waals surface area contributed by atoms with Gasteiger partial charge < -0.3 is 5.11 Å². The molecule has 0 radical (unpaired) electrons. The smallest absolute Gasteiger partial charge is 0.335 e. The maximum atomic E-state index is 13.1. The van der Waals surface area contributed by atoms with Crippen molar-refractivity contribution in [2.75, 3.05) is 0 Å². The van der Waals surface area contributed by atoms with Gasteiger partial charge in [-0.05, 0) is 18.2 Å². The third kappa shape index (κ3) is 4.50. The third-order valence-corrected chi connectivity index (χ3v) is 3.82. The van der Waals surface area contributed by atoms with Crippen LogP contribution in [0.5, 0.6) is 0 Å². The number of carboxylic acids is 1. The monoisotopic (exact) mass is 300 g/mol. The molecule has 0 bridgehead atoms. The van der Waals surface area contributed by atoms with E-state index in [-0.39, 0.29) is 11.1 Å². The number of aromatic carboxylic acids is 1. The number of rotatable bonds is 2. The molecule has 1 N–H and O–H groups in total. The zero-order chi connectivity index (χ0) is 14.8. The van der Waals surface area contributed by atoms with Gasteiger partial charge in [-0.1, -0.05) is 25.6 Å². The Morgan fingerprint density at radius 2 is 1.89 bits per heavy atom. The molecular weight excluding hydrogens is 287 g/mol. The van der Waals surface area contributed by atoms with Gasteiger partial charge in [-0.3, -0.25) is 0 Å². The van der Waals surface area contributed by atoms with Crippen LogP contribution < -0.4 is 0 Å². The van der Waals surface area contributed by atoms with Crippen LogP contribution in [-0.2, 0) is 10.2 Å². The first-order valence-electron chi connectivity index (χ1n) is 5.36. The predicted molar refractivity (Wildman–Crippen MR) is 71.9 cm³/mol. The predicted octanol–water partition coefficient (Wildman–Crippen LogP) is 2.27. The first-order valence-corrected chi connectivity index (χ1v) is 10.2. The van der Waals surface area contributed by atoms with Gasteiger partial charge in [-0.25, -0.2) is 4.79 Å². The van der Waals surface area contributed by atoms with E-state index in [1.807, 2.05) is 19.6 Å². The molecule has 1 aromatic rings. The summed E-state index contributed by atoms with van der Waals surface area (Å²) in [5.74, 6) is 1.36. The van der Waals surface area contributed by atoms with Crippen LogP contribution in [-0.4, -0.2) is 27.6 Å². The van der Waals surface area contributed by atoms with E-state index in [1.165, 1.54) is 0 Å². The maximum Gasteiger partial charge on any atom is 0.335 e. The van der Waals surface area contributed by atoms with E-state index in [2.05, 4.69) is 11.5 Å². The topological polar surface area (TPSA) is 71.4 Å². The van der Waals surface area contributed by atoms with Crippen molar-refractivity contribution in [2.24, 2.45) is 0 Å². The van der Waals surface area contributed by atoms with Crippen molar-refractivity contribution < 1.29 is 22.2 Å². The zero-order valence-electron chi connectivity index (χ0n) is 10.7. The second kappa shape index (κ2) is 5.15. The Balaban J connectivity index is 3.51. The molecule has 0 saturated heterocycles. The maximum absolute atomic E-state index is 13.1. The summed E-state index contributed by atoms with van der Waals surface area (Å²) in [4.78, 5) is 10.2. The number of hydrogen-bond donors (Lipinski definition) is 1. The molecular formula is C12H13FO4SSi. The molecule has 0 aromatic heterocycles. The molecule has 0 heterocycles. The molecule has 0 fully saturated rings. The molecule has 4 nitrogen and oxygen atoms in total. The third-order valence-electron chi connectivity index (χ3n) is 2.06. The van der Waals surface area contributed by atoms with Crippen molar-refractivity contribution in [3.63, 3.8) is 0 Å². The zero-order valence-corrected chi connectivity index (χ0v) is 12.5. The Morgan fingerprint density at radius 3 is 2.32 bits per heavy atom. The van der Waals surface area contributed by atoms with Gasteiger partial charge in [0.2, 0.25) is 0 Å². The fourth-order valence-corrected chi connectivity index (χ4v) is 2.34. The number of carbonyl (C=O) groups is 1. The van der Waals surface area contributed by atoms with E-state index in [0.717, 1.165) is 18.2 Å². The van der Waals surface area contributed by atoms with E-state index in [4.69, 9.17) is 5.11 Å². The van der Waals surface area contributed by atoms with Crippen LogP contribution in [0.1, 0.15) is 15.9 Å². The quantitative estimate of drug-likeness (QED) is 0.517. The standard InChI is InChI=1S/C12H13FO4SSi/c1-19(2,3)7-6-9-8-10(12(14)15)4-5-11(9)18(13,16)17/h4-5,8H,1-3H3,(H,14,15). The summed E-state index contributed by atoms with van der Waals surface area (Å²) in [5.41, 5.74) is 2.63. The summed E-state index contributed by atoms with van der Waals surface area (Å²) in [6, 6.07) is 3.03. The van der Waals surface area contributed by atoms with Gasteiger partial charge in [0.05, 0.1) is 5.56 Å². The molecule has 19 heavy (non-hydrogen) atoms. The van der Waals surface area contributed by atoms with Gasteiger partial charge in [0.15, 0.2) is 0 Å². The van der Waals surface area contributed by atoms with E-state index >= 15 is 0 Å². The highest BCUT2D eigenvalue weighted by atomic mass is 32.3. The first-order chi connectivity index (χ1) is 8.50. The lowest BCUT2D eigenvalue weighted by Crippen LogP contribution is -2.16. The van der Waals surface area contributed by atoms with Gasteiger partial charge in [0, 0.05) is 5.56 Å². The van der Waals surface area contributed by atoms with Gasteiger partial charge in [-0.15, -0.1) is 9.43 Å². The molecule has 0 aliphatic rings. The molecule has 7 heteroatoms. The molecule has 102 valence electrons. The largest absolute Gasteiger partial charge is 0.478 e. The molecule has 1 rings (SSSR count). The average Bonchev–Trinajstić information content (AvgIpc) is 2.23. The second-order valence-electron chi connectivity index (χ2n) is 4.95. The average molecular weight is 300 g/mol. The molecule has 0 atom stereocenters. The van der Waals surface area contributed by atoms with Gasteiger partial charge in [-0.2, -0.15) is 8.42 Å². The van der Waals surface area contributed by atoms with Gasteiger partial charge in [0.1, 0.15) is 13.0 Å². The summed E-state index contributed by atoms with van der Waals surface area (Å²) in [7, 11) is -6.72. The van der Waals surface area contributed by atoms with E-state index in [9.17, 15) is 17.1 Å². The van der Waals surface area contributed by atoms with Crippen LogP contribution in [0.4, 0.5) is 3.89 Å². The van der Waals surface area contributed by atoms with Crippen molar-refractivity contribution in [1.29, 1.82) is 0 Å². The van der Waals surface area contributed by atoms with Gasteiger partial charge >= 0.3 is 16.2 Å². The minimum Gasteiger partial charge on any atom is -0.478 e. The Morgan fingerprint density at radius 1 is 1.32 bits per heavy atom. The Kier molecular flexibility index (Phi) is 4.17. The Hall–Kier alpha value is -1.65. The van der Waals surface area contributed by atoms with Crippen molar-refractivity contribution in [2.45, 2.75) is 24.5 Å². The van der Waals surface area contributed by atoms with Gasteiger partial charge in [0.25, 0.3) is 0 Å². The lowest BCUT2D eigenvalue weighted by atomic mass is 10.1. The highest BCUT2D eigenvalue weighted by molar-refractivity contribution is 7.86. The molecule has 0 unspecified atom stereocenters. The summed E-state index contributed by atoms with van der Waals surface area (Å²) in [6.07, 6.45) is 0. The summed E-state index contributed by atoms with van der Waals surface area (Å²) < 4.78 is 35.1. The molecule has 0 spiro atoms. The van der Waals surface area contributed by atoms with Crippen molar-refractivity contribution in [3.8, 4) is 11.5 Å². The van der Waals surface area contributed by atoms with Crippen molar-refractivity contribution in [1.82, 2.24) is 0 Å². The van der Waals surface area contributed by atoms with Crippen LogP contribution in [0.3, 0.4) is 0 Å². The lowest BCUT2D eigenvalue weighted by Gasteiger charge is -2.05. The van der Waals surface area contributed by atoms with Crippen LogP contribution in [0.2, 0.25) is 19.6 Å². The van der Waals surface area contributed by atoms with E-state index in [1.54, 1.807) is 0 Å². The summed E-state index contributed by atoms with van der Waals surface area (Å²) in [6.45, 7) is 5.81. The van der Waals surface area contributed by atoms with E-state index in [0.29, 0.717) is 0 Å². The molecule has 0 aliphatic heterocycles. The van der Waals surface area contributed by atoms with Crippen LogP contribution in [0, 0.1) is 11.5 Å². The van der Waals surface area contributed by atoms with Crippen LogP contribution >= 0.6 is 0 Å². The first kappa shape index (κ1) is 15.4.